The normalized spacial score (nSPS) is 16.5. The Balaban J connectivity index is 1.31. The van der Waals surface area contributed by atoms with Crippen LogP contribution in [0.5, 0.6) is 5.75 Å². The summed E-state index contributed by atoms with van der Waals surface area (Å²) in [5, 5.41) is 23.7. The number of urea groups is 1. The van der Waals surface area contributed by atoms with Gasteiger partial charge >= 0.3 is 6.03 Å². The Bertz CT molecular complexity index is 1640. The highest BCUT2D eigenvalue weighted by atomic mass is 16.5. The van der Waals surface area contributed by atoms with Crippen LogP contribution in [0.15, 0.2) is 48.7 Å². The van der Waals surface area contributed by atoms with Crippen LogP contribution in [0, 0.1) is 5.92 Å². The minimum atomic E-state index is -0.424. The first kappa shape index (κ1) is 31.1. The van der Waals surface area contributed by atoms with E-state index in [0.29, 0.717) is 30.9 Å². The molecule has 0 unspecified atom stereocenters. The molecule has 0 spiro atoms. The first-order valence-corrected chi connectivity index (χ1v) is 15.2. The van der Waals surface area contributed by atoms with Crippen LogP contribution in [0.3, 0.4) is 0 Å². The lowest BCUT2D eigenvalue weighted by Gasteiger charge is -2.32. The summed E-state index contributed by atoms with van der Waals surface area (Å²) in [6.07, 6.45) is 4.41. The molecule has 0 saturated carbocycles. The van der Waals surface area contributed by atoms with Gasteiger partial charge in [0, 0.05) is 30.9 Å². The number of aliphatic hydroxyl groups is 1. The average Bonchev–Trinajstić information content (AvgIpc) is 3.37. The van der Waals surface area contributed by atoms with Gasteiger partial charge in [-0.2, -0.15) is 0 Å². The summed E-state index contributed by atoms with van der Waals surface area (Å²) in [4.78, 5) is 34.7. The Morgan fingerprint density at radius 1 is 1.07 bits per heavy atom. The molecule has 1 aliphatic carbocycles. The van der Waals surface area contributed by atoms with Crippen molar-refractivity contribution in [2.45, 2.75) is 84.3 Å². The minimum Gasteiger partial charge on any atom is -0.484 e. The smallest absolute Gasteiger partial charge is 0.320 e. The van der Waals surface area contributed by atoms with Crippen LogP contribution in [0.25, 0.3) is 5.65 Å². The SMILES string of the molecule is CC(C)Cc1nnc2ccc(O[C@@H]3CC[C@H](NC(=O)Nc4cc(C(C)(C)C)nc(C(=O)CCCO)n4)c4ccccc43)cn12. The zero-order valence-corrected chi connectivity index (χ0v) is 26.0. The number of pyridine rings is 1. The molecule has 2 atom stereocenters. The molecule has 11 nitrogen and oxygen atoms in total. The molecule has 3 N–H and O–H groups in total. The number of fused-ring (bicyclic) bond motifs is 2. The summed E-state index contributed by atoms with van der Waals surface area (Å²) in [6, 6.07) is 12.9. The van der Waals surface area contributed by atoms with E-state index in [0.717, 1.165) is 34.8 Å². The molecule has 0 fully saturated rings. The zero-order chi connectivity index (χ0) is 31.4. The Kier molecular flexibility index (Phi) is 9.24. The number of benzene rings is 1. The van der Waals surface area contributed by atoms with Crippen molar-refractivity contribution in [3.05, 3.63) is 77.1 Å². The van der Waals surface area contributed by atoms with Crippen LogP contribution in [-0.4, -0.2) is 48.1 Å². The molecular weight excluding hydrogens is 558 g/mol. The maximum atomic E-state index is 13.2. The van der Waals surface area contributed by atoms with E-state index in [2.05, 4.69) is 44.6 Å². The number of aliphatic hydroxyl groups excluding tert-OH is 1. The van der Waals surface area contributed by atoms with Gasteiger partial charge in [-0.3, -0.25) is 14.5 Å². The van der Waals surface area contributed by atoms with Crippen LogP contribution < -0.4 is 15.4 Å². The number of ether oxygens (including phenoxy) is 1. The summed E-state index contributed by atoms with van der Waals surface area (Å²) in [6.45, 7) is 10.2. The van der Waals surface area contributed by atoms with Gasteiger partial charge in [0.1, 0.15) is 23.5 Å². The molecule has 44 heavy (non-hydrogen) atoms. The highest BCUT2D eigenvalue weighted by Gasteiger charge is 2.30. The van der Waals surface area contributed by atoms with Gasteiger partial charge in [-0.05, 0) is 48.4 Å². The third-order valence-electron chi connectivity index (χ3n) is 7.60. The molecule has 2 amide bonds. The van der Waals surface area contributed by atoms with Crippen molar-refractivity contribution in [3.8, 4) is 5.75 Å². The van der Waals surface area contributed by atoms with Crippen molar-refractivity contribution in [2.24, 2.45) is 5.92 Å². The number of hydrogen-bond acceptors (Lipinski definition) is 8. The second-order valence-electron chi connectivity index (χ2n) is 12.7. The number of rotatable bonds is 10. The number of anilines is 1. The molecule has 3 aromatic heterocycles. The molecule has 3 heterocycles. The predicted octanol–water partition coefficient (Wildman–Crippen LogP) is 5.75. The van der Waals surface area contributed by atoms with E-state index >= 15 is 0 Å². The van der Waals surface area contributed by atoms with E-state index in [1.165, 1.54) is 0 Å². The van der Waals surface area contributed by atoms with E-state index in [4.69, 9.17) is 9.84 Å². The fourth-order valence-corrected chi connectivity index (χ4v) is 5.36. The largest absolute Gasteiger partial charge is 0.484 e. The number of hydrogen-bond donors (Lipinski definition) is 3. The highest BCUT2D eigenvalue weighted by Crippen LogP contribution is 2.39. The molecule has 5 rings (SSSR count). The number of carbonyl (C=O) groups excluding carboxylic acids is 2. The van der Waals surface area contributed by atoms with Crippen molar-refractivity contribution < 1.29 is 19.4 Å². The Morgan fingerprint density at radius 3 is 2.57 bits per heavy atom. The van der Waals surface area contributed by atoms with Gasteiger partial charge in [-0.1, -0.05) is 58.9 Å². The maximum Gasteiger partial charge on any atom is 0.320 e. The number of amides is 2. The fraction of sp³-hybridized carbons (Fsp3) is 0.455. The number of aromatic nitrogens is 5. The van der Waals surface area contributed by atoms with Crippen LogP contribution >= 0.6 is 0 Å². The molecule has 1 aromatic carbocycles. The molecule has 0 radical (unpaired) electrons. The first-order chi connectivity index (χ1) is 21.0. The van der Waals surface area contributed by atoms with Gasteiger partial charge in [0.25, 0.3) is 0 Å². The van der Waals surface area contributed by atoms with Gasteiger partial charge in [-0.25, -0.2) is 14.8 Å². The maximum absolute atomic E-state index is 13.2. The van der Waals surface area contributed by atoms with Crippen LogP contribution in [0.1, 0.15) is 106 Å². The second kappa shape index (κ2) is 13.1. The Labute approximate surface area is 257 Å². The molecule has 1 aliphatic rings. The quantitative estimate of drug-likeness (QED) is 0.196. The lowest BCUT2D eigenvalue weighted by molar-refractivity contribution is 0.0960. The standard InChI is InChI=1S/C33H41N7O4/c1-20(2)17-30-39-38-29-15-12-21(19-40(29)30)44-26-14-13-24(22-9-6-7-10-23(22)26)34-32(43)37-28-18-27(33(3,4)5)35-31(36-28)25(42)11-8-16-41/h6-7,9-10,12,15,18-20,24,26,41H,8,11,13-14,16-17H2,1-5H3,(H2,34,35,36,37,43)/t24-,26+/m0/s1. The Morgan fingerprint density at radius 2 is 1.84 bits per heavy atom. The summed E-state index contributed by atoms with van der Waals surface area (Å²) < 4.78 is 8.50. The molecule has 0 saturated heterocycles. The van der Waals surface area contributed by atoms with E-state index in [1.54, 1.807) is 6.07 Å². The van der Waals surface area contributed by atoms with Gasteiger partial charge in [0.05, 0.1) is 17.9 Å². The van der Waals surface area contributed by atoms with Crippen molar-refractivity contribution in [1.29, 1.82) is 0 Å². The topological polar surface area (TPSA) is 144 Å². The first-order valence-electron chi connectivity index (χ1n) is 15.2. The number of nitrogens with zero attached hydrogens (tertiary/aromatic N) is 5. The number of nitrogens with one attached hydrogen (secondary N) is 2. The van der Waals surface area contributed by atoms with Crippen molar-refractivity contribution in [3.63, 3.8) is 0 Å². The van der Waals surface area contributed by atoms with E-state index in [-0.39, 0.29) is 48.0 Å². The van der Waals surface area contributed by atoms with Crippen LogP contribution in [0.2, 0.25) is 0 Å². The number of Topliss-reactive ketones (excluding diaryl/α,β-unsaturated/α-hetero) is 1. The Hall–Kier alpha value is -4.38. The molecule has 4 aromatic rings. The molecular formula is C33H41N7O4. The highest BCUT2D eigenvalue weighted by molar-refractivity contribution is 5.94. The van der Waals surface area contributed by atoms with Crippen molar-refractivity contribution >= 4 is 23.3 Å². The summed E-state index contributed by atoms with van der Waals surface area (Å²) >= 11 is 0. The molecule has 232 valence electrons. The zero-order valence-electron chi connectivity index (χ0n) is 26.0. The van der Waals surface area contributed by atoms with Crippen molar-refractivity contribution in [1.82, 2.24) is 29.9 Å². The monoisotopic (exact) mass is 599 g/mol. The third kappa shape index (κ3) is 7.21. The van der Waals surface area contributed by atoms with Crippen LogP contribution in [0.4, 0.5) is 10.6 Å². The minimum absolute atomic E-state index is 0.0326. The second-order valence-corrected chi connectivity index (χ2v) is 12.7. The lowest BCUT2D eigenvalue weighted by atomic mass is 9.85. The number of ketones is 1. The fourth-order valence-electron chi connectivity index (χ4n) is 5.36. The predicted molar refractivity (Wildman–Crippen MR) is 167 cm³/mol. The van der Waals surface area contributed by atoms with Gasteiger partial charge < -0.3 is 15.2 Å². The lowest BCUT2D eigenvalue weighted by Crippen LogP contribution is -2.36. The molecule has 11 heteroatoms. The number of carbonyl (C=O) groups is 2. The van der Waals surface area contributed by atoms with Gasteiger partial charge in [0.2, 0.25) is 0 Å². The molecule has 0 bridgehead atoms. The van der Waals surface area contributed by atoms with Crippen LogP contribution in [-0.2, 0) is 11.8 Å². The van der Waals surface area contributed by atoms with E-state index in [1.807, 2.05) is 67.8 Å². The van der Waals surface area contributed by atoms with E-state index < -0.39 is 6.03 Å². The average molecular weight is 600 g/mol. The summed E-state index contributed by atoms with van der Waals surface area (Å²) in [7, 11) is 0. The summed E-state index contributed by atoms with van der Waals surface area (Å²) in [5.41, 5.74) is 3.06. The van der Waals surface area contributed by atoms with Gasteiger partial charge in [-0.15, -0.1) is 10.2 Å². The summed E-state index contributed by atoms with van der Waals surface area (Å²) in [5.74, 6) is 2.09. The molecule has 0 aliphatic heterocycles. The van der Waals surface area contributed by atoms with Gasteiger partial charge in [0.15, 0.2) is 17.3 Å². The van der Waals surface area contributed by atoms with Crippen molar-refractivity contribution in [2.75, 3.05) is 11.9 Å². The third-order valence-corrected chi connectivity index (χ3v) is 7.60. The van der Waals surface area contributed by atoms with E-state index in [9.17, 15) is 9.59 Å².